The molecule has 23 heavy (non-hydrogen) atoms. The number of methoxy groups -OCH3 is 1. The Morgan fingerprint density at radius 3 is 2.22 bits per heavy atom. The molecule has 1 amide bonds. The number of carbonyl (C=O) groups excluding carboxylic acids is 1. The summed E-state index contributed by atoms with van der Waals surface area (Å²) in [6.45, 7) is 0.129. The van der Waals surface area contributed by atoms with Crippen LogP contribution in [0, 0.1) is 0 Å². The highest BCUT2D eigenvalue weighted by Crippen LogP contribution is 2.29. The Labute approximate surface area is 132 Å². The Bertz CT molecular complexity index is 639. The molecule has 0 aliphatic rings. The Kier molecular flexibility index (Phi) is 5.39. The summed E-state index contributed by atoms with van der Waals surface area (Å²) in [7, 11) is 1.43. The highest BCUT2D eigenvalue weighted by atomic mass is 19.4. The number of amides is 1. The third kappa shape index (κ3) is 4.56. The number of halogens is 3. The van der Waals surface area contributed by atoms with E-state index in [9.17, 15) is 18.0 Å². The summed E-state index contributed by atoms with van der Waals surface area (Å²) in [6.07, 6.45) is -5.12. The third-order valence-corrected chi connectivity index (χ3v) is 3.32. The van der Waals surface area contributed by atoms with Crippen molar-refractivity contribution in [2.24, 2.45) is 0 Å². The normalized spacial score (nSPS) is 12.7. The summed E-state index contributed by atoms with van der Waals surface area (Å²) >= 11 is 0. The smallest absolute Gasteiger partial charge is 0.367 e. The molecule has 1 N–H and O–H groups in total. The van der Waals surface area contributed by atoms with Crippen LogP contribution in [-0.4, -0.2) is 13.0 Å². The summed E-state index contributed by atoms with van der Waals surface area (Å²) in [4.78, 5) is 12.2. The summed E-state index contributed by atoms with van der Waals surface area (Å²) in [5.41, 5.74) is 0.570. The van der Waals surface area contributed by atoms with Crippen LogP contribution in [0.15, 0.2) is 54.6 Å². The van der Waals surface area contributed by atoms with Crippen LogP contribution in [0.5, 0.6) is 0 Å². The number of alkyl halides is 3. The molecule has 0 fully saturated rings. The lowest BCUT2D eigenvalue weighted by molar-refractivity contribution is -0.137. The van der Waals surface area contributed by atoms with Crippen molar-refractivity contribution in [1.82, 2.24) is 5.32 Å². The molecule has 0 aromatic heterocycles. The van der Waals surface area contributed by atoms with Gasteiger partial charge in [-0.25, -0.2) is 0 Å². The quantitative estimate of drug-likeness (QED) is 0.911. The van der Waals surface area contributed by atoms with E-state index in [1.54, 1.807) is 24.3 Å². The van der Waals surface area contributed by atoms with Crippen molar-refractivity contribution in [1.29, 1.82) is 0 Å². The van der Waals surface area contributed by atoms with Crippen LogP contribution in [-0.2, 0) is 22.3 Å². The van der Waals surface area contributed by atoms with Gasteiger partial charge in [-0.3, -0.25) is 4.79 Å². The number of hydrogen-bond acceptors (Lipinski definition) is 2. The van der Waals surface area contributed by atoms with Gasteiger partial charge in [-0.1, -0.05) is 42.5 Å². The molecule has 2 aromatic carbocycles. The predicted molar refractivity (Wildman–Crippen MR) is 79.5 cm³/mol. The van der Waals surface area contributed by atoms with Gasteiger partial charge in [0.25, 0.3) is 5.91 Å². The first-order valence-corrected chi connectivity index (χ1v) is 6.93. The summed E-state index contributed by atoms with van der Waals surface area (Å²) in [6, 6.07) is 13.6. The van der Waals surface area contributed by atoms with Gasteiger partial charge in [0.05, 0.1) is 5.56 Å². The summed E-state index contributed by atoms with van der Waals surface area (Å²) in [5.74, 6) is -0.349. The molecule has 0 aliphatic heterocycles. The molecule has 2 rings (SSSR count). The molecule has 6 heteroatoms. The van der Waals surface area contributed by atoms with Gasteiger partial charge in [-0.05, 0) is 23.3 Å². The van der Waals surface area contributed by atoms with Gasteiger partial charge in [0.15, 0.2) is 6.10 Å². The molecule has 0 radical (unpaired) electrons. The maximum atomic E-state index is 12.5. The lowest BCUT2D eigenvalue weighted by atomic mass is 10.1. The van der Waals surface area contributed by atoms with Crippen molar-refractivity contribution in [3.8, 4) is 0 Å². The van der Waals surface area contributed by atoms with Gasteiger partial charge < -0.3 is 10.1 Å². The second-order valence-corrected chi connectivity index (χ2v) is 4.94. The standard InChI is InChI=1S/C17H16F3NO2/c1-23-15(13-5-3-2-4-6-13)16(22)21-11-12-7-9-14(10-8-12)17(18,19)20/h2-10,15H,11H2,1H3,(H,21,22). The predicted octanol–water partition coefficient (Wildman–Crippen LogP) is 3.71. The van der Waals surface area contributed by atoms with E-state index in [1.165, 1.54) is 19.2 Å². The molecule has 3 nitrogen and oxygen atoms in total. The lowest BCUT2D eigenvalue weighted by Crippen LogP contribution is -2.30. The maximum Gasteiger partial charge on any atom is 0.416 e. The lowest BCUT2D eigenvalue weighted by Gasteiger charge is -2.16. The summed E-state index contributed by atoms with van der Waals surface area (Å²) in [5, 5.41) is 2.66. The topological polar surface area (TPSA) is 38.3 Å². The van der Waals surface area contributed by atoms with Crippen molar-refractivity contribution in [3.05, 3.63) is 71.3 Å². The zero-order valence-corrected chi connectivity index (χ0v) is 12.4. The average molecular weight is 323 g/mol. The molecule has 0 heterocycles. The Morgan fingerprint density at radius 2 is 1.70 bits per heavy atom. The van der Waals surface area contributed by atoms with Crippen molar-refractivity contribution in [2.45, 2.75) is 18.8 Å². The van der Waals surface area contributed by atoms with Crippen molar-refractivity contribution >= 4 is 5.91 Å². The van der Waals surface area contributed by atoms with Gasteiger partial charge in [0, 0.05) is 13.7 Å². The van der Waals surface area contributed by atoms with Gasteiger partial charge >= 0.3 is 6.18 Å². The number of nitrogens with one attached hydrogen (secondary N) is 1. The number of rotatable bonds is 5. The van der Waals surface area contributed by atoms with Crippen LogP contribution in [0.1, 0.15) is 22.8 Å². The van der Waals surface area contributed by atoms with Crippen LogP contribution in [0.4, 0.5) is 13.2 Å². The highest BCUT2D eigenvalue weighted by Gasteiger charge is 2.29. The molecular formula is C17H16F3NO2. The van der Waals surface area contributed by atoms with Gasteiger partial charge in [0.1, 0.15) is 0 Å². The zero-order valence-electron chi connectivity index (χ0n) is 12.4. The molecule has 0 saturated carbocycles. The monoisotopic (exact) mass is 323 g/mol. The molecule has 122 valence electrons. The Balaban J connectivity index is 1.98. The Morgan fingerprint density at radius 1 is 1.09 bits per heavy atom. The van der Waals surface area contributed by atoms with E-state index in [-0.39, 0.29) is 12.5 Å². The van der Waals surface area contributed by atoms with E-state index >= 15 is 0 Å². The zero-order chi connectivity index (χ0) is 16.9. The number of ether oxygens (including phenoxy) is 1. The van der Waals surface area contributed by atoms with E-state index in [0.29, 0.717) is 11.1 Å². The van der Waals surface area contributed by atoms with E-state index in [4.69, 9.17) is 4.74 Å². The molecule has 0 bridgehead atoms. The number of hydrogen-bond donors (Lipinski definition) is 1. The van der Waals surface area contributed by atoms with Gasteiger partial charge in [-0.2, -0.15) is 13.2 Å². The molecule has 0 aliphatic carbocycles. The van der Waals surface area contributed by atoms with Crippen molar-refractivity contribution in [3.63, 3.8) is 0 Å². The van der Waals surface area contributed by atoms with Crippen molar-refractivity contribution in [2.75, 3.05) is 7.11 Å². The molecule has 1 unspecified atom stereocenters. The minimum Gasteiger partial charge on any atom is -0.367 e. The van der Waals surface area contributed by atoms with E-state index in [1.807, 2.05) is 6.07 Å². The number of carbonyl (C=O) groups is 1. The molecule has 2 aromatic rings. The Hall–Kier alpha value is -2.34. The fourth-order valence-corrected chi connectivity index (χ4v) is 2.12. The highest BCUT2D eigenvalue weighted by molar-refractivity contribution is 5.82. The van der Waals surface area contributed by atoms with Crippen LogP contribution in [0.2, 0.25) is 0 Å². The van der Waals surface area contributed by atoms with E-state index in [2.05, 4.69) is 5.32 Å². The second kappa shape index (κ2) is 7.28. The molecular weight excluding hydrogens is 307 g/mol. The van der Waals surface area contributed by atoms with Crippen LogP contribution < -0.4 is 5.32 Å². The van der Waals surface area contributed by atoms with Crippen LogP contribution in [0.25, 0.3) is 0 Å². The van der Waals surface area contributed by atoms with Crippen molar-refractivity contribution < 1.29 is 22.7 Å². The first-order valence-electron chi connectivity index (χ1n) is 6.93. The largest absolute Gasteiger partial charge is 0.416 e. The molecule has 1 atom stereocenters. The fraction of sp³-hybridized carbons (Fsp3) is 0.235. The first kappa shape index (κ1) is 17.0. The maximum absolute atomic E-state index is 12.5. The fourth-order valence-electron chi connectivity index (χ4n) is 2.12. The molecule has 0 saturated heterocycles. The minimum atomic E-state index is -4.36. The number of benzene rings is 2. The van der Waals surface area contributed by atoms with Crippen LogP contribution >= 0.6 is 0 Å². The second-order valence-electron chi connectivity index (χ2n) is 4.94. The average Bonchev–Trinajstić information content (AvgIpc) is 2.54. The minimum absolute atomic E-state index is 0.129. The van der Waals surface area contributed by atoms with Gasteiger partial charge in [0.2, 0.25) is 0 Å². The first-order chi connectivity index (χ1) is 10.9. The van der Waals surface area contributed by atoms with Gasteiger partial charge in [-0.15, -0.1) is 0 Å². The van der Waals surface area contributed by atoms with Crippen LogP contribution in [0.3, 0.4) is 0 Å². The van der Waals surface area contributed by atoms with E-state index in [0.717, 1.165) is 12.1 Å². The molecule has 0 spiro atoms. The SMILES string of the molecule is COC(C(=O)NCc1ccc(C(F)(F)F)cc1)c1ccccc1. The summed E-state index contributed by atoms with van der Waals surface area (Å²) < 4.78 is 42.6. The van der Waals surface area contributed by atoms with E-state index < -0.39 is 17.8 Å². The third-order valence-electron chi connectivity index (χ3n) is 3.32.